The van der Waals surface area contributed by atoms with E-state index in [4.69, 9.17) is 0 Å². The molecule has 3 aromatic rings. The number of nitrogens with one attached hydrogen (secondary N) is 1. The Labute approximate surface area is 131 Å². The smallest absolute Gasteiger partial charge is 0.271 e. The summed E-state index contributed by atoms with van der Waals surface area (Å²) in [4.78, 5) is 29.4. The second-order valence-corrected chi connectivity index (χ2v) is 5.96. The maximum absolute atomic E-state index is 12.4. The lowest BCUT2D eigenvalue weighted by atomic mass is 10.0. The Morgan fingerprint density at radius 2 is 2.14 bits per heavy atom. The van der Waals surface area contributed by atoms with Gasteiger partial charge in [-0.05, 0) is 25.0 Å². The molecule has 1 atom stereocenters. The fraction of sp³-hybridized carbons (Fsp3) is 0.188. The van der Waals surface area contributed by atoms with E-state index in [2.05, 4.69) is 10.3 Å². The Morgan fingerprint density at radius 1 is 1.36 bits per heavy atom. The summed E-state index contributed by atoms with van der Waals surface area (Å²) in [5, 5.41) is 4.63. The molecule has 0 aliphatic rings. The minimum atomic E-state index is -0.408. The molecule has 3 rings (SSSR count). The number of nitrogens with zero attached hydrogens (tertiary/aromatic N) is 2. The maximum atomic E-state index is 12.4. The standard InChI is InChI=1S/C16H15N3O2S/c1-10-5-3-4-6-12(10)11(2)18-14(20)13-9-17-16-19(15(13)21)7-8-22-16/h3-9,11H,1-2H3,(H,18,20). The summed E-state index contributed by atoms with van der Waals surface area (Å²) >= 11 is 1.35. The number of aromatic nitrogens is 2. The Morgan fingerprint density at radius 3 is 2.91 bits per heavy atom. The van der Waals surface area contributed by atoms with Crippen molar-refractivity contribution in [2.45, 2.75) is 19.9 Å². The van der Waals surface area contributed by atoms with Gasteiger partial charge in [-0.15, -0.1) is 11.3 Å². The van der Waals surface area contributed by atoms with Crippen LogP contribution in [0, 0.1) is 6.92 Å². The zero-order valence-corrected chi connectivity index (χ0v) is 13.1. The summed E-state index contributed by atoms with van der Waals surface area (Å²) in [5.74, 6) is -0.408. The normalized spacial score (nSPS) is 12.3. The Balaban J connectivity index is 1.89. The van der Waals surface area contributed by atoms with Gasteiger partial charge in [-0.3, -0.25) is 14.0 Å². The number of aryl methyl sites for hydroxylation is 1. The fourth-order valence-corrected chi connectivity index (χ4v) is 3.08. The van der Waals surface area contributed by atoms with Crippen LogP contribution in [-0.4, -0.2) is 15.3 Å². The summed E-state index contributed by atoms with van der Waals surface area (Å²) in [6.45, 7) is 3.89. The monoisotopic (exact) mass is 313 g/mol. The molecule has 112 valence electrons. The number of hydrogen-bond donors (Lipinski definition) is 1. The van der Waals surface area contributed by atoms with Gasteiger partial charge in [0.25, 0.3) is 11.5 Å². The highest BCUT2D eigenvalue weighted by molar-refractivity contribution is 7.15. The number of rotatable bonds is 3. The quantitative estimate of drug-likeness (QED) is 0.808. The minimum absolute atomic E-state index is 0.0522. The third kappa shape index (κ3) is 2.53. The maximum Gasteiger partial charge on any atom is 0.271 e. The van der Waals surface area contributed by atoms with Gasteiger partial charge in [-0.2, -0.15) is 0 Å². The highest BCUT2D eigenvalue weighted by atomic mass is 32.1. The van der Waals surface area contributed by atoms with Crippen LogP contribution in [0.4, 0.5) is 0 Å². The van der Waals surface area contributed by atoms with Crippen molar-refractivity contribution in [3.05, 3.63) is 69.1 Å². The molecule has 0 aliphatic carbocycles. The molecule has 0 spiro atoms. The number of amides is 1. The number of benzene rings is 1. The van der Waals surface area contributed by atoms with Gasteiger partial charge in [0.05, 0.1) is 6.04 Å². The summed E-state index contributed by atoms with van der Waals surface area (Å²) in [5.41, 5.74) is 1.83. The Bertz CT molecular complexity index is 898. The average molecular weight is 313 g/mol. The van der Waals surface area contributed by atoms with Gasteiger partial charge in [-0.25, -0.2) is 4.98 Å². The predicted molar refractivity (Wildman–Crippen MR) is 86.4 cm³/mol. The summed E-state index contributed by atoms with van der Waals surface area (Å²) < 4.78 is 1.39. The Kier molecular flexibility index (Phi) is 3.77. The van der Waals surface area contributed by atoms with Crippen molar-refractivity contribution in [1.29, 1.82) is 0 Å². The van der Waals surface area contributed by atoms with Crippen molar-refractivity contribution in [1.82, 2.24) is 14.7 Å². The van der Waals surface area contributed by atoms with E-state index < -0.39 is 5.91 Å². The molecule has 1 amide bonds. The van der Waals surface area contributed by atoms with Crippen molar-refractivity contribution >= 4 is 22.2 Å². The van der Waals surface area contributed by atoms with E-state index in [0.717, 1.165) is 11.1 Å². The molecule has 6 heteroatoms. The zero-order chi connectivity index (χ0) is 15.7. The first-order chi connectivity index (χ1) is 10.6. The van der Waals surface area contributed by atoms with Crippen LogP contribution in [0.25, 0.3) is 4.96 Å². The summed E-state index contributed by atoms with van der Waals surface area (Å²) in [7, 11) is 0. The molecule has 0 bridgehead atoms. The molecule has 0 saturated carbocycles. The molecule has 2 aromatic heterocycles. The van der Waals surface area contributed by atoms with E-state index in [0.29, 0.717) is 4.96 Å². The summed E-state index contributed by atoms with van der Waals surface area (Å²) in [6.07, 6.45) is 2.96. The molecule has 22 heavy (non-hydrogen) atoms. The number of carbonyl (C=O) groups excluding carboxylic acids is 1. The number of thiazole rings is 1. The molecule has 1 aromatic carbocycles. The van der Waals surface area contributed by atoms with Gasteiger partial charge in [0, 0.05) is 17.8 Å². The van der Waals surface area contributed by atoms with Gasteiger partial charge in [0.15, 0.2) is 4.96 Å². The van der Waals surface area contributed by atoms with Gasteiger partial charge >= 0.3 is 0 Å². The molecule has 0 radical (unpaired) electrons. The molecule has 2 heterocycles. The molecule has 1 unspecified atom stereocenters. The van der Waals surface area contributed by atoms with E-state index >= 15 is 0 Å². The molecule has 5 nitrogen and oxygen atoms in total. The third-order valence-electron chi connectivity index (χ3n) is 3.59. The van der Waals surface area contributed by atoms with E-state index in [1.54, 1.807) is 11.6 Å². The first-order valence-corrected chi connectivity index (χ1v) is 7.77. The second-order valence-electron chi connectivity index (χ2n) is 5.08. The van der Waals surface area contributed by atoms with Crippen LogP contribution in [0.1, 0.15) is 34.5 Å². The van der Waals surface area contributed by atoms with E-state index in [1.807, 2.05) is 38.1 Å². The van der Waals surface area contributed by atoms with Crippen LogP contribution in [0.3, 0.4) is 0 Å². The largest absolute Gasteiger partial charge is 0.345 e. The van der Waals surface area contributed by atoms with E-state index in [-0.39, 0.29) is 17.2 Å². The number of fused-ring (bicyclic) bond motifs is 1. The SMILES string of the molecule is Cc1ccccc1C(C)NC(=O)c1cnc2sccn2c1=O. The number of carbonyl (C=O) groups is 1. The lowest BCUT2D eigenvalue weighted by molar-refractivity contribution is 0.0938. The molecule has 1 N–H and O–H groups in total. The van der Waals surface area contributed by atoms with Crippen molar-refractivity contribution in [2.75, 3.05) is 0 Å². The van der Waals surface area contributed by atoms with Crippen molar-refractivity contribution in [3.8, 4) is 0 Å². The van der Waals surface area contributed by atoms with Crippen LogP contribution in [-0.2, 0) is 0 Å². The fourth-order valence-electron chi connectivity index (χ4n) is 2.41. The van der Waals surface area contributed by atoms with Crippen LogP contribution in [0.15, 0.2) is 46.8 Å². The van der Waals surface area contributed by atoms with Gasteiger partial charge < -0.3 is 5.32 Å². The molecular weight excluding hydrogens is 298 g/mol. The van der Waals surface area contributed by atoms with Crippen LogP contribution in [0.2, 0.25) is 0 Å². The van der Waals surface area contributed by atoms with Gasteiger partial charge in [0.2, 0.25) is 0 Å². The highest BCUT2D eigenvalue weighted by Crippen LogP contribution is 2.17. The van der Waals surface area contributed by atoms with E-state index in [1.165, 1.54) is 21.9 Å². The molecule has 0 aliphatic heterocycles. The molecular formula is C16H15N3O2S. The van der Waals surface area contributed by atoms with Crippen molar-refractivity contribution < 1.29 is 4.79 Å². The Hall–Kier alpha value is -2.47. The molecule has 0 saturated heterocycles. The summed E-state index contributed by atoms with van der Waals surface area (Å²) in [6, 6.07) is 7.66. The van der Waals surface area contributed by atoms with Crippen LogP contribution >= 0.6 is 11.3 Å². The lowest BCUT2D eigenvalue weighted by Crippen LogP contribution is -2.33. The first-order valence-electron chi connectivity index (χ1n) is 6.89. The van der Waals surface area contributed by atoms with Crippen molar-refractivity contribution in [3.63, 3.8) is 0 Å². The van der Waals surface area contributed by atoms with E-state index in [9.17, 15) is 9.59 Å². The van der Waals surface area contributed by atoms with Gasteiger partial charge in [0.1, 0.15) is 5.56 Å². The highest BCUT2D eigenvalue weighted by Gasteiger charge is 2.17. The zero-order valence-electron chi connectivity index (χ0n) is 12.2. The van der Waals surface area contributed by atoms with Crippen molar-refractivity contribution in [2.24, 2.45) is 0 Å². The lowest BCUT2D eigenvalue weighted by Gasteiger charge is -2.16. The minimum Gasteiger partial charge on any atom is -0.345 e. The van der Waals surface area contributed by atoms with Crippen LogP contribution in [0.5, 0.6) is 0 Å². The van der Waals surface area contributed by atoms with Gasteiger partial charge in [-0.1, -0.05) is 24.3 Å². The third-order valence-corrected chi connectivity index (χ3v) is 4.36. The second kappa shape index (κ2) is 5.73. The van der Waals surface area contributed by atoms with Crippen LogP contribution < -0.4 is 10.9 Å². The first kappa shape index (κ1) is 14.5. The average Bonchev–Trinajstić information content (AvgIpc) is 2.97. The predicted octanol–water partition coefficient (Wildman–Crippen LogP) is 2.56. The topological polar surface area (TPSA) is 63.5 Å². The number of hydrogen-bond acceptors (Lipinski definition) is 4. The molecule has 0 fully saturated rings.